The minimum atomic E-state index is -1.02. The smallest absolute Gasteiger partial charge is 0.200 e. The fourth-order valence-corrected chi connectivity index (χ4v) is 3.32. The molecule has 3 rings (SSSR count). The summed E-state index contributed by atoms with van der Waals surface area (Å²) in [6.45, 7) is 1.58. The fourth-order valence-electron chi connectivity index (χ4n) is 3.32. The Bertz CT molecular complexity index is 1060. The molecule has 0 spiro atoms. The van der Waals surface area contributed by atoms with Crippen molar-refractivity contribution in [3.8, 4) is 0 Å². The Balaban J connectivity index is 1.91. The van der Waals surface area contributed by atoms with E-state index in [-0.39, 0.29) is 18.6 Å². The van der Waals surface area contributed by atoms with E-state index >= 15 is 0 Å². The monoisotopic (exact) mass is 395 g/mol. The average Bonchev–Trinajstić information content (AvgIpc) is 2.75. The molecule has 0 saturated carbocycles. The standard InChI is InChI=1S/C24H29NO4/c1-2-3-4-5-6-17-7-9-19-22(14-17)29-21-10-8-18(13-20(21)23(19)28)11-12-24(25,15-26)16-27/h5-10,13-14,26-27H,2-4,11-12,15-16,25H2,1H3. The van der Waals surface area contributed by atoms with E-state index in [1.54, 1.807) is 6.07 Å². The summed E-state index contributed by atoms with van der Waals surface area (Å²) in [5.41, 5.74) is 7.90. The van der Waals surface area contributed by atoms with E-state index in [1.807, 2.05) is 30.3 Å². The number of allylic oxidation sites excluding steroid dienone is 1. The molecule has 3 aromatic rings. The summed E-state index contributed by atoms with van der Waals surface area (Å²) < 4.78 is 6.00. The van der Waals surface area contributed by atoms with Gasteiger partial charge in [0.1, 0.15) is 11.2 Å². The van der Waals surface area contributed by atoms with Crippen molar-refractivity contribution >= 4 is 28.0 Å². The third-order valence-corrected chi connectivity index (χ3v) is 5.33. The summed E-state index contributed by atoms with van der Waals surface area (Å²) in [6.07, 6.45) is 8.53. The lowest BCUT2D eigenvalue weighted by Gasteiger charge is -2.24. The molecule has 5 nitrogen and oxygen atoms in total. The first-order valence-corrected chi connectivity index (χ1v) is 10.2. The van der Waals surface area contributed by atoms with E-state index in [9.17, 15) is 15.0 Å². The molecule has 1 heterocycles. The highest BCUT2D eigenvalue weighted by atomic mass is 16.3. The number of nitrogens with two attached hydrogens (primary N) is 1. The van der Waals surface area contributed by atoms with Crippen molar-refractivity contribution in [2.24, 2.45) is 5.73 Å². The first kappa shape index (κ1) is 21.2. The van der Waals surface area contributed by atoms with Gasteiger partial charge in [-0.15, -0.1) is 0 Å². The number of aliphatic hydroxyl groups is 2. The lowest BCUT2D eigenvalue weighted by molar-refractivity contribution is 0.115. The van der Waals surface area contributed by atoms with Gasteiger partial charge in [-0.05, 0) is 54.7 Å². The van der Waals surface area contributed by atoms with Gasteiger partial charge in [0, 0.05) is 0 Å². The van der Waals surface area contributed by atoms with Crippen LogP contribution in [0.2, 0.25) is 0 Å². The summed E-state index contributed by atoms with van der Waals surface area (Å²) in [6, 6.07) is 11.1. The van der Waals surface area contributed by atoms with Crippen LogP contribution in [0, 0.1) is 0 Å². The second kappa shape index (κ2) is 9.35. The topological polar surface area (TPSA) is 96.7 Å². The van der Waals surface area contributed by atoms with Gasteiger partial charge in [0.25, 0.3) is 0 Å². The van der Waals surface area contributed by atoms with Crippen LogP contribution in [0.5, 0.6) is 0 Å². The number of aryl methyl sites for hydroxylation is 1. The van der Waals surface area contributed by atoms with Crippen molar-refractivity contribution < 1.29 is 14.6 Å². The van der Waals surface area contributed by atoms with Gasteiger partial charge in [0.05, 0.1) is 29.5 Å². The Hall–Kier alpha value is -2.47. The van der Waals surface area contributed by atoms with Crippen LogP contribution in [-0.4, -0.2) is 29.0 Å². The molecule has 0 atom stereocenters. The summed E-state index contributed by atoms with van der Waals surface area (Å²) >= 11 is 0. The maximum absolute atomic E-state index is 13.0. The van der Waals surface area contributed by atoms with Gasteiger partial charge in [-0.3, -0.25) is 4.79 Å². The van der Waals surface area contributed by atoms with Gasteiger partial charge < -0.3 is 20.4 Å². The Kier molecular flexibility index (Phi) is 6.85. The highest BCUT2D eigenvalue weighted by Gasteiger charge is 2.22. The molecule has 0 unspecified atom stereocenters. The second-order valence-electron chi connectivity index (χ2n) is 7.74. The zero-order valence-corrected chi connectivity index (χ0v) is 16.9. The molecule has 29 heavy (non-hydrogen) atoms. The SMILES string of the molecule is CCCCC=Cc1ccc2c(=O)c3cc(CCC(N)(CO)CO)ccc3oc2c1. The van der Waals surface area contributed by atoms with Crippen LogP contribution in [0.25, 0.3) is 28.0 Å². The first-order valence-electron chi connectivity index (χ1n) is 10.2. The predicted molar refractivity (Wildman–Crippen MR) is 118 cm³/mol. The first-order chi connectivity index (χ1) is 14.0. The number of rotatable bonds is 9. The molecular weight excluding hydrogens is 366 g/mol. The van der Waals surface area contributed by atoms with Gasteiger partial charge in [-0.25, -0.2) is 0 Å². The third kappa shape index (κ3) is 4.93. The van der Waals surface area contributed by atoms with Crippen molar-refractivity contribution in [3.05, 3.63) is 63.8 Å². The van der Waals surface area contributed by atoms with Gasteiger partial charge in [-0.2, -0.15) is 0 Å². The summed E-state index contributed by atoms with van der Waals surface area (Å²) in [7, 11) is 0. The van der Waals surface area contributed by atoms with Gasteiger partial charge in [0.15, 0.2) is 0 Å². The molecule has 0 amide bonds. The molecule has 0 aliphatic heterocycles. The zero-order valence-electron chi connectivity index (χ0n) is 16.9. The molecule has 0 aliphatic rings. The lowest BCUT2D eigenvalue weighted by atomic mass is 9.93. The van der Waals surface area contributed by atoms with Gasteiger partial charge in [-0.1, -0.05) is 44.1 Å². The third-order valence-electron chi connectivity index (χ3n) is 5.33. The largest absolute Gasteiger partial charge is 0.456 e. The molecule has 0 radical (unpaired) electrons. The van der Waals surface area contributed by atoms with E-state index in [4.69, 9.17) is 10.2 Å². The van der Waals surface area contributed by atoms with Crippen LogP contribution in [-0.2, 0) is 6.42 Å². The number of aliphatic hydroxyl groups excluding tert-OH is 2. The van der Waals surface area contributed by atoms with Crippen LogP contribution < -0.4 is 11.2 Å². The molecule has 1 aromatic heterocycles. The Labute approximate surface area is 170 Å². The maximum atomic E-state index is 13.0. The van der Waals surface area contributed by atoms with E-state index in [2.05, 4.69) is 19.1 Å². The number of unbranched alkanes of at least 4 members (excludes halogenated alkanes) is 2. The van der Waals surface area contributed by atoms with Crippen LogP contribution in [0.15, 0.2) is 51.7 Å². The molecule has 5 heteroatoms. The van der Waals surface area contributed by atoms with E-state index in [1.165, 1.54) is 0 Å². The number of benzene rings is 2. The van der Waals surface area contributed by atoms with Crippen molar-refractivity contribution in [2.75, 3.05) is 13.2 Å². The second-order valence-corrected chi connectivity index (χ2v) is 7.74. The zero-order chi connectivity index (χ0) is 20.9. The van der Waals surface area contributed by atoms with Crippen LogP contribution in [0.4, 0.5) is 0 Å². The molecule has 0 fully saturated rings. The molecular formula is C24H29NO4. The summed E-state index contributed by atoms with van der Waals surface area (Å²) in [5, 5.41) is 19.8. The van der Waals surface area contributed by atoms with Crippen LogP contribution in [0.3, 0.4) is 0 Å². The van der Waals surface area contributed by atoms with Crippen molar-refractivity contribution in [3.63, 3.8) is 0 Å². The Morgan fingerprint density at radius 3 is 2.59 bits per heavy atom. The van der Waals surface area contributed by atoms with Crippen LogP contribution in [0.1, 0.15) is 43.7 Å². The quantitative estimate of drug-likeness (QED) is 0.379. The highest BCUT2D eigenvalue weighted by molar-refractivity contribution is 5.90. The van der Waals surface area contributed by atoms with E-state index in [0.717, 1.165) is 30.4 Å². The minimum absolute atomic E-state index is 0.0621. The Morgan fingerprint density at radius 1 is 1.07 bits per heavy atom. The highest BCUT2D eigenvalue weighted by Crippen LogP contribution is 2.22. The molecule has 4 N–H and O–H groups in total. The molecule has 0 saturated heterocycles. The van der Waals surface area contributed by atoms with E-state index in [0.29, 0.717) is 34.8 Å². The Morgan fingerprint density at radius 2 is 1.86 bits per heavy atom. The normalized spacial score (nSPS) is 12.4. The van der Waals surface area contributed by atoms with Crippen LogP contribution >= 0.6 is 0 Å². The fraction of sp³-hybridized carbons (Fsp3) is 0.375. The number of hydrogen-bond acceptors (Lipinski definition) is 5. The van der Waals surface area contributed by atoms with Gasteiger partial charge >= 0.3 is 0 Å². The maximum Gasteiger partial charge on any atom is 0.200 e. The van der Waals surface area contributed by atoms with Gasteiger partial charge in [0.2, 0.25) is 5.43 Å². The van der Waals surface area contributed by atoms with Crippen molar-refractivity contribution in [1.29, 1.82) is 0 Å². The number of hydrogen-bond donors (Lipinski definition) is 3. The van der Waals surface area contributed by atoms with E-state index < -0.39 is 5.54 Å². The molecule has 0 aliphatic carbocycles. The van der Waals surface area contributed by atoms with Crippen molar-refractivity contribution in [1.82, 2.24) is 0 Å². The minimum Gasteiger partial charge on any atom is -0.456 e. The summed E-state index contributed by atoms with van der Waals surface area (Å²) in [4.78, 5) is 13.0. The predicted octanol–water partition coefficient (Wildman–Crippen LogP) is 3.76. The molecule has 0 bridgehead atoms. The lowest BCUT2D eigenvalue weighted by Crippen LogP contribution is -2.47. The molecule has 2 aromatic carbocycles. The molecule has 154 valence electrons. The summed E-state index contributed by atoms with van der Waals surface area (Å²) in [5.74, 6) is 0. The van der Waals surface area contributed by atoms with Crippen molar-refractivity contribution in [2.45, 2.75) is 44.6 Å². The average molecular weight is 395 g/mol. The number of fused-ring (bicyclic) bond motifs is 2.